The number of hydrogen-bond donors (Lipinski definition) is 1. The van der Waals surface area contributed by atoms with Gasteiger partial charge in [-0.05, 0) is 30.7 Å². The fourth-order valence-electron chi connectivity index (χ4n) is 1.58. The highest BCUT2D eigenvalue weighted by Gasteiger charge is 2.12. The summed E-state index contributed by atoms with van der Waals surface area (Å²) in [6, 6.07) is 5.63. The summed E-state index contributed by atoms with van der Waals surface area (Å²) in [6.45, 7) is 1.94. The largest absolute Gasteiger partial charge is 0.399 e. The molecule has 1 aromatic carbocycles. The molecule has 5 nitrogen and oxygen atoms in total. The zero-order valence-electron chi connectivity index (χ0n) is 9.62. The van der Waals surface area contributed by atoms with Gasteiger partial charge < -0.3 is 10.3 Å². The first-order chi connectivity index (χ1) is 8.74. The van der Waals surface area contributed by atoms with E-state index in [1.165, 1.54) is 11.3 Å². The van der Waals surface area contributed by atoms with Crippen molar-refractivity contribution in [1.82, 2.24) is 15.1 Å². The average Bonchev–Trinajstić information content (AvgIpc) is 3.01. The van der Waals surface area contributed by atoms with Gasteiger partial charge in [0, 0.05) is 17.4 Å². The first kappa shape index (κ1) is 10.9. The molecule has 2 N–H and O–H groups in total. The van der Waals surface area contributed by atoms with Crippen LogP contribution in [0.4, 0.5) is 5.69 Å². The minimum Gasteiger partial charge on any atom is -0.399 e. The molecule has 0 amide bonds. The quantitative estimate of drug-likeness (QED) is 0.715. The summed E-state index contributed by atoms with van der Waals surface area (Å²) >= 11 is 1.47. The predicted molar refractivity (Wildman–Crippen MR) is 70.0 cm³/mol. The molecule has 0 aliphatic rings. The lowest BCUT2D eigenvalue weighted by atomic mass is 10.1. The van der Waals surface area contributed by atoms with E-state index in [1.807, 2.05) is 25.1 Å². The number of hydrogen-bond acceptors (Lipinski definition) is 6. The molecule has 6 heteroatoms. The molecular formula is C12H10N4OS. The van der Waals surface area contributed by atoms with E-state index < -0.39 is 0 Å². The van der Waals surface area contributed by atoms with Crippen molar-refractivity contribution in [1.29, 1.82) is 0 Å². The van der Waals surface area contributed by atoms with Crippen molar-refractivity contribution >= 4 is 17.0 Å². The lowest BCUT2D eigenvalue weighted by Crippen LogP contribution is -1.89. The number of anilines is 1. The molecule has 18 heavy (non-hydrogen) atoms. The summed E-state index contributed by atoms with van der Waals surface area (Å²) < 4.78 is 5.25. The third-order valence-electron chi connectivity index (χ3n) is 2.60. The van der Waals surface area contributed by atoms with E-state index in [2.05, 4.69) is 15.1 Å². The molecule has 0 aliphatic heterocycles. The Balaban J connectivity index is 2.00. The summed E-state index contributed by atoms with van der Waals surface area (Å²) in [5.74, 6) is 1.04. The van der Waals surface area contributed by atoms with Gasteiger partial charge in [0.1, 0.15) is 0 Å². The van der Waals surface area contributed by atoms with Gasteiger partial charge in [-0.3, -0.25) is 4.98 Å². The Kier molecular flexibility index (Phi) is 2.56. The van der Waals surface area contributed by atoms with Crippen molar-refractivity contribution < 1.29 is 4.52 Å². The number of thiazole rings is 1. The molecule has 0 spiro atoms. The van der Waals surface area contributed by atoms with Crippen LogP contribution < -0.4 is 5.73 Å². The number of nitrogen functional groups attached to an aromatic ring is 1. The molecule has 3 rings (SSSR count). The van der Waals surface area contributed by atoms with Crippen molar-refractivity contribution in [3.63, 3.8) is 0 Å². The van der Waals surface area contributed by atoms with Gasteiger partial charge in [0.15, 0.2) is 0 Å². The second kappa shape index (κ2) is 4.23. The van der Waals surface area contributed by atoms with Crippen LogP contribution in [-0.4, -0.2) is 15.1 Å². The third-order valence-corrected chi connectivity index (χ3v) is 3.36. The molecule has 0 unspecified atom stereocenters. The van der Waals surface area contributed by atoms with Gasteiger partial charge >= 0.3 is 0 Å². The van der Waals surface area contributed by atoms with Gasteiger partial charge in [0.2, 0.25) is 5.82 Å². The van der Waals surface area contributed by atoms with Crippen LogP contribution in [-0.2, 0) is 0 Å². The first-order valence-corrected chi connectivity index (χ1v) is 6.21. The van der Waals surface area contributed by atoms with Crippen LogP contribution in [0.25, 0.3) is 22.2 Å². The summed E-state index contributed by atoms with van der Waals surface area (Å²) in [4.78, 5) is 9.22. The molecule has 0 bridgehead atoms. The van der Waals surface area contributed by atoms with Gasteiger partial charge in [-0.15, -0.1) is 11.3 Å². The number of benzene rings is 1. The fourth-order valence-corrected chi connectivity index (χ4v) is 2.12. The maximum absolute atomic E-state index is 5.78. The number of nitrogens with zero attached hydrogens (tertiary/aromatic N) is 3. The fraction of sp³-hybridized carbons (Fsp3) is 0.0833. The Bertz CT molecular complexity index is 675. The SMILES string of the molecule is Cc1cc(-c2nc(-c3cncs3)no2)ccc1N. The van der Waals surface area contributed by atoms with Gasteiger partial charge in [0.05, 0.1) is 10.4 Å². The van der Waals surface area contributed by atoms with Crippen molar-refractivity contribution in [3.8, 4) is 22.2 Å². The lowest BCUT2D eigenvalue weighted by molar-refractivity contribution is 0.432. The highest BCUT2D eigenvalue weighted by atomic mass is 32.1. The minimum atomic E-state index is 0.488. The average molecular weight is 258 g/mol. The molecular weight excluding hydrogens is 248 g/mol. The van der Waals surface area contributed by atoms with E-state index in [9.17, 15) is 0 Å². The van der Waals surface area contributed by atoms with Crippen molar-refractivity contribution in [3.05, 3.63) is 35.5 Å². The maximum Gasteiger partial charge on any atom is 0.258 e. The molecule has 0 aliphatic carbocycles. The second-order valence-electron chi connectivity index (χ2n) is 3.86. The van der Waals surface area contributed by atoms with Gasteiger partial charge in [-0.25, -0.2) is 0 Å². The van der Waals surface area contributed by atoms with E-state index >= 15 is 0 Å². The highest BCUT2D eigenvalue weighted by molar-refractivity contribution is 7.13. The minimum absolute atomic E-state index is 0.488. The van der Waals surface area contributed by atoms with Crippen LogP contribution in [0.5, 0.6) is 0 Å². The third kappa shape index (κ3) is 1.86. The normalized spacial score (nSPS) is 10.7. The zero-order valence-corrected chi connectivity index (χ0v) is 10.4. The topological polar surface area (TPSA) is 77.8 Å². The molecule has 90 valence electrons. The van der Waals surface area contributed by atoms with Gasteiger partial charge in [0.25, 0.3) is 5.89 Å². The van der Waals surface area contributed by atoms with Crippen LogP contribution in [0.2, 0.25) is 0 Å². The van der Waals surface area contributed by atoms with E-state index in [0.717, 1.165) is 21.7 Å². The molecule has 0 atom stereocenters. The number of aromatic nitrogens is 3. The number of rotatable bonds is 2. The summed E-state index contributed by atoms with van der Waals surface area (Å²) in [5.41, 5.74) is 10.1. The Hall–Kier alpha value is -2.21. The number of nitrogens with two attached hydrogens (primary N) is 1. The summed E-state index contributed by atoms with van der Waals surface area (Å²) in [5, 5.41) is 3.94. The predicted octanol–water partition coefficient (Wildman–Crippen LogP) is 2.75. The smallest absolute Gasteiger partial charge is 0.258 e. The van der Waals surface area contributed by atoms with Crippen molar-refractivity contribution in [2.45, 2.75) is 6.92 Å². The van der Waals surface area contributed by atoms with Crippen LogP contribution >= 0.6 is 11.3 Å². The van der Waals surface area contributed by atoms with Gasteiger partial charge in [-0.2, -0.15) is 4.98 Å². The molecule has 2 aromatic heterocycles. The zero-order chi connectivity index (χ0) is 12.5. The van der Waals surface area contributed by atoms with Crippen molar-refractivity contribution in [2.75, 3.05) is 5.73 Å². The monoisotopic (exact) mass is 258 g/mol. The van der Waals surface area contributed by atoms with Crippen molar-refractivity contribution in [2.24, 2.45) is 0 Å². The Morgan fingerprint density at radius 2 is 2.22 bits per heavy atom. The van der Waals surface area contributed by atoms with Crippen LogP contribution in [0.3, 0.4) is 0 Å². The van der Waals surface area contributed by atoms with E-state index in [4.69, 9.17) is 10.3 Å². The van der Waals surface area contributed by atoms with Crippen LogP contribution in [0.1, 0.15) is 5.56 Å². The second-order valence-corrected chi connectivity index (χ2v) is 4.75. The maximum atomic E-state index is 5.78. The molecule has 0 saturated carbocycles. The molecule has 3 aromatic rings. The van der Waals surface area contributed by atoms with Crippen LogP contribution in [0.15, 0.2) is 34.4 Å². The Labute approximate surface area is 107 Å². The van der Waals surface area contributed by atoms with Crippen LogP contribution in [0, 0.1) is 6.92 Å². The number of aryl methyl sites for hydroxylation is 1. The summed E-state index contributed by atoms with van der Waals surface area (Å²) in [6.07, 6.45) is 1.72. The molecule has 2 heterocycles. The standard InChI is InChI=1S/C12H10N4OS/c1-7-4-8(2-3-9(7)13)12-15-11(16-17-12)10-5-14-6-18-10/h2-6H,13H2,1H3. The highest BCUT2D eigenvalue weighted by Crippen LogP contribution is 2.26. The molecule has 0 radical (unpaired) electrons. The van der Waals surface area contributed by atoms with Gasteiger partial charge in [-0.1, -0.05) is 5.16 Å². The molecule has 0 fully saturated rings. The van der Waals surface area contributed by atoms with E-state index in [1.54, 1.807) is 11.7 Å². The molecule has 0 saturated heterocycles. The Morgan fingerprint density at radius 3 is 2.94 bits per heavy atom. The summed E-state index contributed by atoms with van der Waals surface area (Å²) in [7, 11) is 0. The van der Waals surface area contributed by atoms with E-state index in [0.29, 0.717) is 11.7 Å². The first-order valence-electron chi connectivity index (χ1n) is 5.33. The van der Waals surface area contributed by atoms with E-state index in [-0.39, 0.29) is 0 Å². The lowest BCUT2D eigenvalue weighted by Gasteiger charge is -2.00. The Morgan fingerprint density at radius 1 is 1.33 bits per heavy atom.